The summed E-state index contributed by atoms with van der Waals surface area (Å²) in [6.45, 7) is 0. The van der Waals surface area contributed by atoms with E-state index in [4.69, 9.17) is 5.26 Å². The van der Waals surface area contributed by atoms with Gasteiger partial charge < -0.3 is 5.32 Å². The highest BCUT2D eigenvalue weighted by Gasteiger charge is 2.20. The van der Waals surface area contributed by atoms with Crippen molar-refractivity contribution in [1.82, 2.24) is 0 Å². The minimum atomic E-state index is 0.141. The highest BCUT2D eigenvalue weighted by molar-refractivity contribution is 5.92. The molecule has 0 heterocycles. The van der Waals surface area contributed by atoms with Crippen LogP contribution in [-0.4, -0.2) is 5.91 Å². The highest BCUT2D eigenvalue weighted by Crippen LogP contribution is 2.25. The van der Waals surface area contributed by atoms with Crippen LogP contribution in [0.2, 0.25) is 0 Å². The normalized spacial score (nSPS) is 15.9. The molecular formula is C15H18N2O. The number of hydrogen-bond acceptors (Lipinski definition) is 2. The topological polar surface area (TPSA) is 52.9 Å². The molecule has 1 aliphatic rings. The first-order chi connectivity index (χ1) is 8.79. The van der Waals surface area contributed by atoms with Crippen molar-refractivity contribution in [3.8, 4) is 6.07 Å². The van der Waals surface area contributed by atoms with Crippen molar-refractivity contribution in [3.05, 3.63) is 29.8 Å². The summed E-state index contributed by atoms with van der Waals surface area (Å²) in [7, 11) is 0. The van der Waals surface area contributed by atoms with Crippen molar-refractivity contribution in [2.75, 3.05) is 5.32 Å². The summed E-state index contributed by atoms with van der Waals surface area (Å²) in [5.74, 6) is 0.320. The molecule has 0 aromatic heterocycles. The van der Waals surface area contributed by atoms with Crippen molar-refractivity contribution < 1.29 is 4.79 Å². The van der Waals surface area contributed by atoms with Gasteiger partial charge in [-0.15, -0.1) is 0 Å². The Morgan fingerprint density at radius 2 is 1.89 bits per heavy atom. The van der Waals surface area contributed by atoms with Gasteiger partial charge in [-0.1, -0.05) is 31.4 Å². The number of nitriles is 1. The van der Waals surface area contributed by atoms with E-state index < -0.39 is 0 Å². The molecule has 1 amide bonds. The summed E-state index contributed by atoms with van der Waals surface area (Å²) in [6, 6.07) is 9.62. The van der Waals surface area contributed by atoms with E-state index in [1.165, 1.54) is 19.3 Å². The van der Waals surface area contributed by atoms with Gasteiger partial charge in [0.15, 0.2) is 0 Å². The number of carbonyl (C=O) groups is 1. The minimum absolute atomic E-state index is 0.141. The molecular weight excluding hydrogens is 224 g/mol. The molecule has 0 bridgehead atoms. The van der Waals surface area contributed by atoms with Gasteiger partial charge in [-0.2, -0.15) is 5.26 Å². The number of amides is 1. The molecule has 3 nitrogen and oxygen atoms in total. The van der Waals surface area contributed by atoms with E-state index in [0.29, 0.717) is 6.42 Å². The van der Waals surface area contributed by atoms with Gasteiger partial charge in [-0.25, -0.2) is 0 Å². The van der Waals surface area contributed by atoms with Gasteiger partial charge in [0.1, 0.15) is 0 Å². The van der Waals surface area contributed by atoms with Gasteiger partial charge in [0, 0.05) is 11.6 Å². The van der Waals surface area contributed by atoms with E-state index in [1.807, 2.05) is 24.3 Å². The van der Waals surface area contributed by atoms with Crippen LogP contribution in [0.5, 0.6) is 0 Å². The molecule has 94 valence electrons. The highest BCUT2D eigenvalue weighted by atomic mass is 16.1. The number of anilines is 1. The summed E-state index contributed by atoms with van der Waals surface area (Å²) in [5.41, 5.74) is 1.81. The zero-order valence-electron chi connectivity index (χ0n) is 10.5. The third kappa shape index (κ3) is 3.33. The van der Waals surface area contributed by atoms with Crippen LogP contribution in [0.1, 0.15) is 37.7 Å². The molecule has 3 heteroatoms. The summed E-state index contributed by atoms with van der Waals surface area (Å²) in [5, 5.41) is 11.5. The second kappa shape index (κ2) is 6.20. The summed E-state index contributed by atoms with van der Waals surface area (Å²) in [6.07, 6.45) is 6.03. The lowest BCUT2D eigenvalue weighted by Crippen LogP contribution is -2.24. The first-order valence-corrected chi connectivity index (χ1v) is 6.56. The average Bonchev–Trinajstić information content (AvgIpc) is 2.42. The molecule has 1 saturated carbocycles. The summed E-state index contributed by atoms with van der Waals surface area (Å²) < 4.78 is 0. The van der Waals surface area contributed by atoms with Crippen LogP contribution >= 0.6 is 0 Å². The van der Waals surface area contributed by atoms with Crippen LogP contribution in [0.15, 0.2) is 24.3 Å². The standard InChI is InChI=1S/C15H18N2O/c16-11-10-12-6-8-14(9-7-12)17-15(18)13-4-2-1-3-5-13/h6-9,13H,1-5,10H2,(H,17,18). The van der Waals surface area contributed by atoms with E-state index in [-0.39, 0.29) is 11.8 Å². The molecule has 0 radical (unpaired) electrons. The Labute approximate surface area is 108 Å². The Morgan fingerprint density at radius 1 is 1.22 bits per heavy atom. The zero-order valence-corrected chi connectivity index (χ0v) is 10.5. The molecule has 0 unspecified atom stereocenters. The number of rotatable bonds is 3. The number of carbonyl (C=O) groups excluding carboxylic acids is 1. The fraction of sp³-hybridized carbons (Fsp3) is 0.467. The van der Waals surface area contributed by atoms with Crippen molar-refractivity contribution in [3.63, 3.8) is 0 Å². The fourth-order valence-electron chi connectivity index (χ4n) is 2.41. The van der Waals surface area contributed by atoms with Crippen molar-refractivity contribution >= 4 is 11.6 Å². The number of nitrogens with zero attached hydrogens (tertiary/aromatic N) is 1. The van der Waals surface area contributed by atoms with Crippen molar-refractivity contribution in [2.45, 2.75) is 38.5 Å². The SMILES string of the molecule is N#CCc1ccc(NC(=O)C2CCCCC2)cc1. The Morgan fingerprint density at radius 3 is 2.50 bits per heavy atom. The lowest BCUT2D eigenvalue weighted by Gasteiger charge is -2.20. The van der Waals surface area contributed by atoms with E-state index in [0.717, 1.165) is 24.1 Å². The van der Waals surface area contributed by atoms with E-state index in [9.17, 15) is 4.79 Å². The van der Waals surface area contributed by atoms with Crippen LogP contribution in [-0.2, 0) is 11.2 Å². The molecule has 0 atom stereocenters. The van der Waals surface area contributed by atoms with Crippen molar-refractivity contribution in [2.24, 2.45) is 5.92 Å². The maximum atomic E-state index is 12.0. The van der Waals surface area contributed by atoms with Gasteiger partial charge in [-0.05, 0) is 30.5 Å². The largest absolute Gasteiger partial charge is 0.326 e. The number of hydrogen-bond donors (Lipinski definition) is 1. The Hall–Kier alpha value is -1.82. The third-order valence-corrected chi connectivity index (χ3v) is 3.48. The van der Waals surface area contributed by atoms with E-state index in [2.05, 4.69) is 11.4 Å². The molecule has 0 aliphatic heterocycles. The van der Waals surface area contributed by atoms with Gasteiger partial charge in [-0.3, -0.25) is 4.79 Å². The second-order valence-electron chi connectivity index (χ2n) is 4.86. The van der Waals surface area contributed by atoms with Gasteiger partial charge in [0.25, 0.3) is 0 Å². The molecule has 2 rings (SSSR count). The quantitative estimate of drug-likeness (QED) is 0.884. The first kappa shape index (κ1) is 12.6. The van der Waals surface area contributed by atoms with Gasteiger partial charge >= 0.3 is 0 Å². The third-order valence-electron chi connectivity index (χ3n) is 3.48. The van der Waals surface area contributed by atoms with E-state index >= 15 is 0 Å². The summed E-state index contributed by atoms with van der Waals surface area (Å²) >= 11 is 0. The van der Waals surface area contributed by atoms with Crippen LogP contribution < -0.4 is 5.32 Å². The molecule has 1 N–H and O–H groups in total. The monoisotopic (exact) mass is 242 g/mol. The maximum Gasteiger partial charge on any atom is 0.227 e. The predicted molar refractivity (Wildman–Crippen MR) is 71.0 cm³/mol. The van der Waals surface area contributed by atoms with Crippen LogP contribution in [0.3, 0.4) is 0 Å². The Kier molecular flexibility index (Phi) is 4.35. The molecule has 1 aromatic rings. The Bertz CT molecular complexity index is 439. The van der Waals surface area contributed by atoms with Crippen molar-refractivity contribution in [1.29, 1.82) is 5.26 Å². The first-order valence-electron chi connectivity index (χ1n) is 6.56. The lowest BCUT2D eigenvalue weighted by molar-refractivity contribution is -0.120. The molecule has 18 heavy (non-hydrogen) atoms. The van der Waals surface area contributed by atoms with Crippen LogP contribution in [0.4, 0.5) is 5.69 Å². The van der Waals surface area contributed by atoms with E-state index in [1.54, 1.807) is 0 Å². The van der Waals surface area contributed by atoms with Crippen LogP contribution in [0.25, 0.3) is 0 Å². The molecule has 1 fully saturated rings. The molecule has 1 aliphatic carbocycles. The average molecular weight is 242 g/mol. The maximum absolute atomic E-state index is 12.0. The summed E-state index contributed by atoms with van der Waals surface area (Å²) in [4.78, 5) is 12.0. The predicted octanol–water partition coefficient (Wildman–Crippen LogP) is 3.27. The smallest absolute Gasteiger partial charge is 0.227 e. The second-order valence-corrected chi connectivity index (χ2v) is 4.86. The molecule has 1 aromatic carbocycles. The minimum Gasteiger partial charge on any atom is -0.326 e. The van der Waals surface area contributed by atoms with Gasteiger partial charge in [0.2, 0.25) is 5.91 Å². The zero-order chi connectivity index (χ0) is 12.8. The van der Waals surface area contributed by atoms with Crippen LogP contribution in [0, 0.1) is 17.2 Å². The van der Waals surface area contributed by atoms with Gasteiger partial charge in [0.05, 0.1) is 12.5 Å². The molecule has 0 saturated heterocycles. The fourth-order valence-corrected chi connectivity index (χ4v) is 2.41. The molecule has 0 spiro atoms. The lowest BCUT2D eigenvalue weighted by atomic mass is 9.88. The Balaban J connectivity index is 1.92. The number of benzene rings is 1. The number of nitrogens with one attached hydrogen (secondary N) is 1.